The van der Waals surface area contributed by atoms with Gasteiger partial charge in [-0.1, -0.05) is 41.9 Å². The maximum absolute atomic E-state index is 3.12. The Balaban J connectivity index is 2.55. The fourth-order valence-corrected chi connectivity index (χ4v) is 0.988. The van der Waals surface area contributed by atoms with Gasteiger partial charge in [0.1, 0.15) is 0 Å². The molecule has 0 aliphatic rings. The molecule has 0 bridgehead atoms. The van der Waals surface area contributed by atoms with Crippen LogP contribution >= 0.6 is 0 Å². The van der Waals surface area contributed by atoms with Gasteiger partial charge < -0.3 is 0 Å². The first kappa shape index (κ1) is 12.2. The zero-order valence-electron chi connectivity index (χ0n) is 10.0. The van der Waals surface area contributed by atoms with Crippen LogP contribution in [0.5, 0.6) is 0 Å². The summed E-state index contributed by atoms with van der Waals surface area (Å²) in [5.41, 5.74) is 1.08. The Hall–Kier alpha value is -1.92. The molecule has 0 heterocycles. The molecule has 0 spiro atoms. The quantitative estimate of drug-likeness (QED) is 0.571. The zero-order chi connectivity index (χ0) is 11.9. The van der Waals surface area contributed by atoms with Gasteiger partial charge in [0.05, 0.1) is 0 Å². The Morgan fingerprint density at radius 3 is 2.19 bits per heavy atom. The second-order valence-electron chi connectivity index (χ2n) is 4.49. The van der Waals surface area contributed by atoms with Crippen LogP contribution < -0.4 is 0 Å². The van der Waals surface area contributed by atoms with Crippen LogP contribution in [0, 0.1) is 29.1 Å². The van der Waals surface area contributed by atoms with Gasteiger partial charge >= 0.3 is 0 Å². The van der Waals surface area contributed by atoms with E-state index in [0.717, 1.165) is 5.56 Å². The van der Waals surface area contributed by atoms with E-state index >= 15 is 0 Å². The third kappa shape index (κ3) is 5.74. The molecule has 0 heteroatoms. The number of benzene rings is 1. The molecule has 0 aromatic heterocycles. The first-order chi connectivity index (χ1) is 7.58. The summed E-state index contributed by atoms with van der Waals surface area (Å²) in [6, 6.07) is 9.92. The lowest BCUT2D eigenvalue weighted by atomic mass is 9.98. The van der Waals surface area contributed by atoms with Crippen LogP contribution in [-0.4, -0.2) is 0 Å². The van der Waals surface area contributed by atoms with Crippen molar-refractivity contribution >= 4 is 0 Å². The topological polar surface area (TPSA) is 0 Å². The molecule has 0 atom stereocenters. The number of allylic oxidation sites excluding steroid dienone is 2. The monoisotopic (exact) mass is 208 g/mol. The smallest absolute Gasteiger partial charge is 0.0248 e. The SMILES string of the molecule is CC(C)(C)C#C/C=C\C#Cc1ccccc1. The summed E-state index contributed by atoms with van der Waals surface area (Å²) in [4.78, 5) is 0. The van der Waals surface area contributed by atoms with E-state index in [-0.39, 0.29) is 5.41 Å². The lowest BCUT2D eigenvalue weighted by molar-refractivity contribution is 0.571. The minimum Gasteiger partial charge on any atom is -0.0926 e. The van der Waals surface area contributed by atoms with Crippen molar-refractivity contribution in [1.82, 2.24) is 0 Å². The molecule has 1 aromatic rings. The van der Waals surface area contributed by atoms with Gasteiger partial charge in [-0.3, -0.25) is 0 Å². The molecular weight excluding hydrogens is 192 g/mol. The van der Waals surface area contributed by atoms with Gasteiger partial charge in [0.15, 0.2) is 0 Å². The van der Waals surface area contributed by atoms with E-state index in [2.05, 4.69) is 44.5 Å². The molecule has 0 nitrogen and oxygen atoms in total. The predicted octanol–water partition coefficient (Wildman–Crippen LogP) is 3.64. The number of rotatable bonds is 0. The number of hydrogen-bond donors (Lipinski definition) is 0. The van der Waals surface area contributed by atoms with E-state index in [9.17, 15) is 0 Å². The van der Waals surface area contributed by atoms with Gasteiger partial charge in [-0.15, -0.1) is 0 Å². The minimum absolute atomic E-state index is 0.0528. The summed E-state index contributed by atoms with van der Waals surface area (Å²) in [6.07, 6.45) is 3.58. The van der Waals surface area contributed by atoms with E-state index in [1.165, 1.54) is 0 Å². The van der Waals surface area contributed by atoms with Crippen molar-refractivity contribution < 1.29 is 0 Å². The molecule has 16 heavy (non-hydrogen) atoms. The Bertz CT molecular complexity index is 462. The van der Waals surface area contributed by atoms with Crippen molar-refractivity contribution in [3.8, 4) is 23.7 Å². The molecule has 1 aromatic carbocycles. The Kier molecular flexibility index (Phi) is 4.43. The number of hydrogen-bond acceptors (Lipinski definition) is 0. The summed E-state index contributed by atoms with van der Waals surface area (Å²) in [5, 5.41) is 0. The van der Waals surface area contributed by atoms with Crippen LogP contribution in [-0.2, 0) is 0 Å². The average Bonchev–Trinajstić information content (AvgIpc) is 2.23. The van der Waals surface area contributed by atoms with E-state index in [0.29, 0.717) is 0 Å². The highest BCUT2D eigenvalue weighted by atomic mass is 14.0. The highest BCUT2D eigenvalue weighted by Gasteiger charge is 2.01. The molecule has 0 aliphatic heterocycles. The van der Waals surface area contributed by atoms with Crippen molar-refractivity contribution in [2.75, 3.05) is 0 Å². The first-order valence-electron chi connectivity index (χ1n) is 5.32. The third-order valence-electron chi connectivity index (χ3n) is 1.69. The van der Waals surface area contributed by atoms with Gasteiger partial charge in [-0.05, 0) is 45.1 Å². The molecule has 0 saturated heterocycles. The van der Waals surface area contributed by atoms with Crippen LogP contribution in [0.25, 0.3) is 0 Å². The zero-order valence-corrected chi connectivity index (χ0v) is 10.0. The molecule has 0 aliphatic carbocycles. The van der Waals surface area contributed by atoms with Crippen molar-refractivity contribution in [2.24, 2.45) is 5.41 Å². The van der Waals surface area contributed by atoms with Crippen LogP contribution in [0.2, 0.25) is 0 Å². The fourth-order valence-electron chi connectivity index (χ4n) is 0.988. The van der Waals surface area contributed by atoms with Crippen LogP contribution in [0.3, 0.4) is 0 Å². The molecule has 0 unspecified atom stereocenters. The Morgan fingerprint density at radius 2 is 1.56 bits per heavy atom. The van der Waals surface area contributed by atoms with Gasteiger partial charge in [0, 0.05) is 11.0 Å². The van der Waals surface area contributed by atoms with Crippen molar-refractivity contribution in [3.63, 3.8) is 0 Å². The van der Waals surface area contributed by atoms with Crippen molar-refractivity contribution in [2.45, 2.75) is 20.8 Å². The Labute approximate surface area is 98.4 Å². The lowest BCUT2D eigenvalue weighted by Crippen LogP contribution is -1.98. The van der Waals surface area contributed by atoms with E-state index in [4.69, 9.17) is 0 Å². The second-order valence-corrected chi connectivity index (χ2v) is 4.49. The average molecular weight is 208 g/mol. The third-order valence-corrected chi connectivity index (χ3v) is 1.69. The highest BCUT2D eigenvalue weighted by Crippen LogP contribution is 2.09. The fraction of sp³-hybridized carbons (Fsp3) is 0.250. The highest BCUT2D eigenvalue weighted by molar-refractivity contribution is 5.37. The van der Waals surface area contributed by atoms with Crippen LogP contribution in [0.1, 0.15) is 26.3 Å². The van der Waals surface area contributed by atoms with E-state index in [1.807, 2.05) is 30.3 Å². The van der Waals surface area contributed by atoms with Gasteiger partial charge in [0.25, 0.3) is 0 Å². The molecule has 0 saturated carbocycles. The summed E-state index contributed by atoms with van der Waals surface area (Å²) < 4.78 is 0. The maximum Gasteiger partial charge on any atom is 0.0248 e. The normalized spacial score (nSPS) is 10.2. The largest absolute Gasteiger partial charge is 0.0926 e. The molecule has 0 radical (unpaired) electrons. The second kappa shape index (κ2) is 5.84. The lowest BCUT2D eigenvalue weighted by Gasteiger charge is -2.05. The molecule has 0 N–H and O–H groups in total. The summed E-state index contributed by atoms with van der Waals surface area (Å²) in [7, 11) is 0. The maximum atomic E-state index is 3.12. The molecule has 0 fully saturated rings. The van der Waals surface area contributed by atoms with Gasteiger partial charge in [-0.25, -0.2) is 0 Å². The van der Waals surface area contributed by atoms with Crippen LogP contribution in [0.4, 0.5) is 0 Å². The predicted molar refractivity (Wildman–Crippen MR) is 69.7 cm³/mol. The van der Waals surface area contributed by atoms with E-state index in [1.54, 1.807) is 12.2 Å². The van der Waals surface area contributed by atoms with Crippen LogP contribution in [0.15, 0.2) is 42.5 Å². The first-order valence-corrected chi connectivity index (χ1v) is 5.32. The molecular formula is C16H16. The van der Waals surface area contributed by atoms with E-state index < -0.39 is 0 Å². The van der Waals surface area contributed by atoms with Crippen molar-refractivity contribution in [3.05, 3.63) is 48.0 Å². The molecule has 0 amide bonds. The Morgan fingerprint density at radius 1 is 0.938 bits per heavy atom. The van der Waals surface area contributed by atoms with Gasteiger partial charge in [-0.2, -0.15) is 0 Å². The summed E-state index contributed by atoms with van der Waals surface area (Å²) in [5.74, 6) is 12.1. The standard InChI is InChI=1S/C16H16/c1-16(2,3)14-10-5-4-7-11-15-12-8-6-9-13-15/h4-6,8-9,12-13H,1-3H3/b5-4-. The molecule has 80 valence electrons. The summed E-state index contributed by atoms with van der Waals surface area (Å²) >= 11 is 0. The summed E-state index contributed by atoms with van der Waals surface area (Å²) in [6.45, 7) is 6.26. The molecule has 1 rings (SSSR count). The van der Waals surface area contributed by atoms with Gasteiger partial charge in [0.2, 0.25) is 0 Å². The van der Waals surface area contributed by atoms with Crippen molar-refractivity contribution in [1.29, 1.82) is 0 Å². The minimum atomic E-state index is 0.0528.